The monoisotopic (exact) mass is 249 g/mol. The lowest BCUT2D eigenvalue weighted by atomic mass is 10.0. The molecule has 0 amide bonds. The van der Waals surface area contributed by atoms with E-state index >= 15 is 0 Å². The normalized spacial score (nSPS) is 29.2. The average Bonchev–Trinajstić information content (AvgIpc) is 3.12. The van der Waals surface area contributed by atoms with Crippen LogP contribution in [0.2, 0.25) is 0 Å². The lowest BCUT2D eigenvalue weighted by molar-refractivity contribution is 0.213. The Morgan fingerprint density at radius 3 is 2.32 bits per heavy atom. The van der Waals surface area contributed by atoms with Gasteiger partial charge in [-0.05, 0) is 29.4 Å². The predicted octanol–water partition coefficient (Wildman–Crippen LogP) is 3.88. The summed E-state index contributed by atoms with van der Waals surface area (Å²) >= 11 is 0. The Bertz CT molecular complexity index is 548. The van der Waals surface area contributed by atoms with Crippen molar-refractivity contribution in [3.8, 4) is 0 Å². The van der Waals surface area contributed by atoms with Gasteiger partial charge in [-0.1, -0.05) is 60.7 Å². The van der Waals surface area contributed by atoms with Crippen LogP contribution in [0, 0.1) is 11.8 Å². The zero-order chi connectivity index (χ0) is 12.7. The number of likely N-dealkylation sites (tertiary alicyclic amines) is 1. The van der Waals surface area contributed by atoms with Gasteiger partial charge in [0.2, 0.25) is 0 Å². The molecule has 1 nitrogen and oxygen atoms in total. The molecule has 0 spiro atoms. The second-order valence-corrected chi connectivity index (χ2v) is 5.93. The third kappa shape index (κ3) is 2.08. The standard InChI is InChI=1S/C18H19N/c1-3-7-14(8-4-1)12-19-13-16-11-17(16)18(19)15-9-5-2-6-10-15/h1-10,16-18H,11-13H2. The van der Waals surface area contributed by atoms with E-state index in [4.69, 9.17) is 0 Å². The first-order valence-electron chi connectivity index (χ1n) is 7.25. The summed E-state index contributed by atoms with van der Waals surface area (Å²) < 4.78 is 0. The van der Waals surface area contributed by atoms with E-state index in [1.54, 1.807) is 0 Å². The first kappa shape index (κ1) is 11.2. The van der Waals surface area contributed by atoms with Gasteiger partial charge in [-0.3, -0.25) is 4.90 Å². The van der Waals surface area contributed by atoms with E-state index in [0.29, 0.717) is 6.04 Å². The predicted molar refractivity (Wildman–Crippen MR) is 77.6 cm³/mol. The first-order chi connectivity index (χ1) is 9.42. The van der Waals surface area contributed by atoms with E-state index in [-0.39, 0.29) is 0 Å². The lowest BCUT2D eigenvalue weighted by Crippen LogP contribution is -2.26. The smallest absolute Gasteiger partial charge is 0.0383 e. The summed E-state index contributed by atoms with van der Waals surface area (Å²) in [5.41, 5.74) is 2.94. The minimum Gasteiger partial charge on any atom is -0.292 e. The fraction of sp³-hybridized carbons (Fsp3) is 0.333. The highest BCUT2D eigenvalue weighted by Crippen LogP contribution is 2.56. The van der Waals surface area contributed by atoms with E-state index < -0.39 is 0 Å². The number of hydrogen-bond acceptors (Lipinski definition) is 1. The summed E-state index contributed by atoms with van der Waals surface area (Å²) in [6.07, 6.45) is 1.44. The van der Waals surface area contributed by atoms with Gasteiger partial charge in [0.15, 0.2) is 0 Å². The molecular formula is C18H19N. The Hall–Kier alpha value is -1.60. The fourth-order valence-corrected chi connectivity index (χ4v) is 3.64. The van der Waals surface area contributed by atoms with Gasteiger partial charge in [0, 0.05) is 19.1 Å². The van der Waals surface area contributed by atoms with Crippen LogP contribution in [0.25, 0.3) is 0 Å². The minimum atomic E-state index is 0.645. The zero-order valence-electron chi connectivity index (χ0n) is 11.1. The molecule has 0 N–H and O–H groups in total. The van der Waals surface area contributed by atoms with Crippen LogP contribution < -0.4 is 0 Å². The maximum absolute atomic E-state index is 2.67. The Labute approximate surface area is 114 Å². The minimum absolute atomic E-state index is 0.645. The van der Waals surface area contributed by atoms with Gasteiger partial charge in [0.25, 0.3) is 0 Å². The van der Waals surface area contributed by atoms with E-state index in [2.05, 4.69) is 65.6 Å². The van der Waals surface area contributed by atoms with Crippen molar-refractivity contribution in [3.05, 3.63) is 71.8 Å². The van der Waals surface area contributed by atoms with Gasteiger partial charge in [-0.15, -0.1) is 0 Å². The third-order valence-corrected chi connectivity index (χ3v) is 4.61. The molecule has 2 fully saturated rings. The topological polar surface area (TPSA) is 3.24 Å². The number of fused-ring (bicyclic) bond motifs is 1. The van der Waals surface area contributed by atoms with Crippen LogP contribution in [0.15, 0.2) is 60.7 Å². The summed E-state index contributed by atoms with van der Waals surface area (Å²) in [7, 11) is 0. The Kier molecular flexibility index (Phi) is 2.66. The van der Waals surface area contributed by atoms with E-state index in [1.807, 2.05) is 0 Å². The molecule has 1 aliphatic heterocycles. The van der Waals surface area contributed by atoms with Crippen LogP contribution in [0.1, 0.15) is 23.6 Å². The molecule has 1 heteroatoms. The van der Waals surface area contributed by atoms with Crippen molar-refractivity contribution >= 4 is 0 Å². The quantitative estimate of drug-likeness (QED) is 0.798. The number of hydrogen-bond donors (Lipinski definition) is 0. The van der Waals surface area contributed by atoms with Crippen molar-refractivity contribution in [1.29, 1.82) is 0 Å². The van der Waals surface area contributed by atoms with Gasteiger partial charge in [-0.2, -0.15) is 0 Å². The molecule has 1 aliphatic carbocycles. The first-order valence-corrected chi connectivity index (χ1v) is 7.25. The molecule has 0 aromatic heterocycles. The molecule has 19 heavy (non-hydrogen) atoms. The van der Waals surface area contributed by atoms with E-state index in [1.165, 1.54) is 24.1 Å². The molecule has 3 atom stereocenters. The molecule has 96 valence electrons. The van der Waals surface area contributed by atoms with Gasteiger partial charge < -0.3 is 0 Å². The van der Waals surface area contributed by atoms with Gasteiger partial charge in [0.1, 0.15) is 0 Å². The lowest BCUT2D eigenvalue weighted by Gasteiger charge is -2.27. The molecule has 1 heterocycles. The largest absolute Gasteiger partial charge is 0.292 e. The number of rotatable bonds is 3. The number of nitrogens with zero attached hydrogens (tertiary/aromatic N) is 1. The maximum Gasteiger partial charge on any atom is 0.0383 e. The summed E-state index contributed by atoms with van der Waals surface area (Å²) in [5, 5.41) is 0. The molecule has 2 aromatic rings. The van der Waals surface area contributed by atoms with Gasteiger partial charge in [-0.25, -0.2) is 0 Å². The molecule has 0 bridgehead atoms. The van der Waals surface area contributed by atoms with Gasteiger partial charge >= 0.3 is 0 Å². The van der Waals surface area contributed by atoms with Crippen molar-refractivity contribution in [3.63, 3.8) is 0 Å². The second kappa shape index (κ2) is 4.50. The Morgan fingerprint density at radius 1 is 0.895 bits per heavy atom. The molecule has 2 aromatic carbocycles. The van der Waals surface area contributed by atoms with Crippen LogP contribution in [-0.4, -0.2) is 11.4 Å². The highest BCUT2D eigenvalue weighted by atomic mass is 15.2. The molecule has 2 aliphatic rings. The van der Waals surface area contributed by atoms with E-state index in [9.17, 15) is 0 Å². The molecule has 4 rings (SSSR count). The van der Waals surface area contributed by atoms with Crippen LogP contribution in [0.3, 0.4) is 0 Å². The number of benzene rings is 2. The molecular weight excluding hydrogens is 230 g/mol. The van der Waals surface area contributed by atoms with Crippen molar-refractivity contribution < 1.29 is 0 Å². The van der Waals surface area contributed by atoms with Crippen LogP contribution in [0.5, 0.6) is 0 Å². The summed E-state index contributed by atoms with van der Waals surface area (Å²) in [5.74, 6) is 1.86. The Balaban J connectivity index is 1.59. The summed E-state index contributed by atoms with van der Waals surface area (Å²) in [6.45, 7) is 2.37. The van der Waals surface area contributed by atoms with Crippen LogP contribution in [0.4, 0.5) is 0 Å². The second-order valence-electron chi connectivity index (χ2n) is 5.93. The molecule has 1 saturated heterocycles. The van der Waals surface area contributed by atoms with Crippen molar-refractivity contribution in [2.24, 2.45) is 11.8 Å². The van der Waals surface area contributed by atoms with Gasteiger partial charge in [0.05, 0.1) is 0 Å². The maximum atomic E-state index is 2.67. The molecule has 1 saturated carbocycles. The van der Waals surface area contributed by atoms with Crippen LogP contribution in [-0.2, 0) is 6.54 Å². The summed E-state index contributed by atoms with van der Waals surface area (Å²) in [6, 6.07) is 22.6. The average molecular weight is 249 g/mol. The molecule has 0 radical (unpaired) electrons. The SMILES string of the molecule is c1ccc(CN2CC3CC3C2c2ccccc2)cc1. The third-order valence-electron chi connectivity index (χ3n) is 4.61. The summed E-state index contributed by atoms with van der Waals surface area (Å²) in [4.78, 5) is 2.67. The van der Waals surface area contributed by atoms with Crippen molar-refractivity contribution in [2.75, 3.05) is 6.54 Å². The van der Waals surface area contributed by atoms with Crippen molar-refractivity contribution in [1.82, 2.24) is 4.90 Å². The highest BCUT2D eigenvalue weighted by Gasteiger charge is 2.52. The van der Waals surface area contributed by atoms with Crippen molar-refractivity contribution in [2.45, 2.75) is 19.0 Å². The highest BCUT2D eigenvalue weighted by molar-refractivity contribution is 5.25. The molecule has 3 unspecified atom stereocenters. The Morgan fingerprint density at radius 2 is 1.58 bits per heavy atom. The fourth-order valence-electron chi connectivity index (χ4n) is 3.64. The number of piperidine rings is 1. The zero-order valence-corrected chi connectivity index (χ0v) is 11.1. The van der Waals surface area contributed by atoms with Crippen LogP contribution >= 0.6 is 0 Å². The van der Waals surface area contributed by atoms with E-state index in [0.717, 1.165) is 18.4 Å².